The smallest absolute Gasteiger partial charge is 0.276 e. The van der Waals surface area contributed by atoms with Gasteiger partial charge < -0.3 is 14.8 Å². The number of thiazole rings is 1. The van der Waals surface area contributed by atoms with Crippen molar-refractivity contribution in [2.45, 2.75) is 25.4 Å². The van der Waals surface area contributed by atoms with E-state index < -0.39 is 0 Å². The van der Waals surface area contributed by atoms with Crippen LogP contribution in [0.3, 0.4) is 0 Å². The number of aliphatic hydroxyl groups excluding tert-OH is 1. The average molecular weight is 254 g/mol. The van der Waals surface area contributed by atoms with Crippen molar-refractivity contribution in [3.05, 3.63) is 11.8 Å². The molecular formula is C11H14N2O3S. The van der Waals surface area contributed by atoms with Gasteiger partial charge in [0.1, 0.15) is 6.10 Å². The van der Waals surface area contributed by atoms with Gasteiger partial charge in [-0.2, -0.15) is 4.98 Å². The van der Waals surface area contributed by atoms with E-state index in [0.29, 0.717) is 17.0 Å². The molecule has 5 nitrogen and oxygen atoms in total. The number of nitrogens with one attached hydrogen (secondary N) is 1. The summed E-state index contributed by atoms with van der Waals surface area (Å²) in [6.07, 6.45) is 4.66. The number of aromatic nitrogens is 2. The summed E-state index contributed by atoms with van der Waals surface area (Å²) in [6.45, 7) is 0. The number of carbonyl (C=O) groups is 1. The maximum absolute atomic E-state index is 10.5. The van der Waals surface area contributed by atoms with Gasteiger partial charge in [-0.15, -0.1) is 0 Å². The van der Waals surface area contributed by atoms with Gasteiger partial charge in [-0.05, 0) is 25.3 Å². The van der Waals surface area contributed by atoms with Gasteiger partial charge in [-0.25, -0.2) is 0 Å². The number of fused-ring (bicyclic) bond motifs is 1. The van der Waals surface area contributed by atoms with Gasteiger partial charge in [0.05, 0.1) is 10.4 Å². The summed E-state index contributed by atoms with van der Waals surface area (Å²) in [5.41, 5.74) is 1.32. The Bertz CT molecular complexity index is 470. The largest absolute Gasteiger partial charge is 0.467 e. The third kappa shape index (κ3) is 2.48. The van der Waals surface area contributed by atoms with Gasteiger partial charge in [0.2, 0.25) is 0 Å². The summed E-state index contributed by atoms with van der Waals surface area (Å²) >= 11 is 1.49. The lowest BCUT2D eigenvalue weighted by atomic mass is 9.96. The molecule has 2 aromatic heterocycles. The number of aldehydes is 1. The van der Waals surface area contributed by atoms with Gasteiger partial charge in [-0.3, -0.25) is 4.79 Å². The number of ether oxygens (including phenoxy) is 1. The van der Waals surface area contributed by atoms with Crippen LogP contribution in [0.15, 0.2) is 6.07 Å². The van der Waals surface area contributed by atoms with E-state index in [1.807, 2.05) is 0 Å². The summed E-state index contributed by atoms with van der Waals surface area (Å²) in [5, 5.41) is 7.71. The Morgan fingerprint density at radius 2 is 2.35 bits per heavy atom. The van der Waals surface area contributed by atoms with E-state index in [1.54, 1.807) is 6.07 Å². The number of aromatic amines is 1. The van der Waals surface area contributed by atoms with E-state index in [9.17, 15) is 4.79 Å². The second kappa shape index (κ2) is 5.29. The molecule has 6 heteroatoms. The standard InChI is InChI=1S/C10H10N2O2S.CH4O/c13-5-6-4-8-9(11-6)12-10(15-8)14-7-2-1-3-7;1-2/h4-5,7,11H,1-3H2;2H,1H3. The maximum atomic E-state index is 10.5. The third-order valence-corrected chi connectivity index (χ3v) is 3.52. The second-order valence-electron chi connectivity index (χ2n) is 3.71. The Balaban J connectivity index is 0.000000514. The van der Waals surface area contributed by atoms with Crippen LogP contribution in [0.2, 0.25) is 0 Å². The van der Waals surface area contributed by atoms with Crippen LogP contribution in [-0.4, -0.2) is 34.6 Å². The molecule has 92 valence electrons. The lowest BCUT2D eigenvalue weighted by molar-refractivity contribution is 0.111. The number of rotatable bonds is 3. The van der Waals surface area contributed by atoms with Gasteiger partial charge in [0.15, 0.2) is 11.9 Å². The highest BCUT2D eigenvalue weighted by Crippen LogP contribution is 2.31. The van der Waals surface area contributed by atoms with Crippen molar-refractivity contribution in [1.82, 2.24) is 9.97 Å². The van der Waals surface area contributed by atoms with Crippen molar-refractivity contribution < 1.29 is 14.6 Å². The Kier molecular flexibility index (Phi) is 3.75. The molecule has 0 spiro atoms. The molecule has 2 heterocycles. The molecule has 2 aromatic rings. The van der Waals surface area contributed by atoms with E-state index in [2.05, 4.69) is 9.97 Å². The molecule has 0 amide bonds. The van der Waals surface area contributed by atoms with Crippen molar-refractivity contribution in [2.75, 3.05) is 7.11 Å². The number of aliphatic hydroxyl groups is 1. The molecule has 0 bridgehead atoms. The Morgan fingerprint density at radius 3 is 2.88 bits per heavy atom. The molecular weight excluding hydrogens is 240 g/mol. The minimum absolute atomic E-state index is 0.353. The summed E-state index contributed by atoms with van der Waals surface area (Å²) in [6, 6.07) is 1.80. The van der Waals surface area contributed by atoms with Crippen molar-refractivity contribution in [1.29, 1.82) is 0 Å². The molecule has 1 aliphatic carbocycles. The summed E-state index contributed by atoms with van der Waals surface area (Å²) < 4.78 is 6.64. The highest BCUT2D eigenvalue weighted by atomic mass is 32.1. The summed E-state index contributed by atoms with van der Waals surface area (Å²) in [7, 11) is 1.00. The van der Waals surface area contributed by atoms with Crippen molar-refractivity contribution in [3.63, 3.8) is 0 Å². The van der Waals surface area contributed by atoms with E-state index in [4.69, 9.17) is 9.84 Å². The van der Waals surface area contributed by atoms with Crippen LogP contribution >= 0.6 is 11.3 Å². The van der Waals surface area contributed by atoms with Crippen molar-refractivity contribution in [3.8, 4) is 5.19 Å². The minimum atomic E-state index is 0.353. The van der Waals surface area contributed by atoms with Crippen LogP contribution in [0.4, 0.5) is 0 Å². The van der Waals surface area contributed by atoms with Gasteiger partial charge in [0.25, 0.3) is 5.19 Å². The third-order valence-electron chi connectivity index (χ3n) is 2.63. The lowest BCUT2D eigenvalue weighted by Crippen LogP contribution is -2.24. The van der Waals surface area contributed by atoms with E-state index >= 15 is 0 Å². The fraction of sp³-hybridized carbons (Fsp3) is 0.455. The predicted molar refractivity (Wildman–Crippen MR) is 65.8 cm³/mol. The van der Waals surface area contributed by atoms with E-state index in [-0.39, 0.29) is 0 Å². The molecule has 1 fully saturated rings. The molecule has 0 aliphatic heterocycles. The van der Waals surface area contributed by atoms with Crippen LogP contribution < -0.4 is 4.74 Å². The summed E-state index contributed by atoms with van der Waals surface area (Å²) in [5.74, 6) is 0. The quantitative estimate of drug-likeness (QED) is 0.821. The molecule has 17 heavy (non-hydrogen) atoms. The van der Waals surface area contributed by atoms with Gasteiger partial charge in [0, 0.05) is 7.11 Å². The first kappa shape index (κ1) is 12.1. The molecule has 0 saturated heterocycles. The monoisotopic (exact) mass is 254 g/mol. The Hall–Kier alpha value is -1.40. The first-order chi connectivity index (χ1) is 8.35. The van der Waals surface area contributed by atoms with Crippen molar-refractivity contribution in [2.24, 2.45) is 0 Å². The highest BCUT2D eigenvalue weighted by molar-refractivity contribution is 7.20. The van der Waals surface area contributed by atoms with E-state index in [0.717, 1.165) is 36.6 Å². The number of nitrogens with zero attached hydrogens (tertiary/aromatic N) is 1. The average Bonchev–Trinajstić information content (AvgIpc) is 2.83. The maximum Gasteiger partial charge on any atom is 0.276 e. The van der Waals surface area contributed by atoms with E-state index in [1.165, 1.54) is 17.8 Å². The molecule has 3 rings (SSSR count). The normalized spacial score (nSPS) is 14.9. The molecule has 1 saturated carbocycles. The molecule has 0 atom stereocenters. The number of hydrogen-bond donors (Lipinski definition) is 2. The minimum Gasteiger partial charge on any atom is -0.467 e. The zero-order valence-corrected chi connectivity index (χ0v) is 10.3. The van der Waals surface area contributed by atoms with Crippen LogP contribution in [0, 0.1) is 0 Å². The topological polar surface area (TPSA) is 75.2 Å². The Labute approximate surface area is 102 Å². The number of H-pyrrole nitrogens is 1. The zero-order valence-electron chi connectivity index (χ0n) is 9.47. The van der Waals surface area contributed by atoms with Crippen LogP contribution in [0.1, 0.15) is 29.8 Å². The first-order valence-electron chi connectivity index (χ1n) is 5.41. The first-order valence-corrected chi connectivity index (χ1v) is 6.23. The lowest BCUT2D eigenvalue weighted by Gasteiger charge is -2.24. The van der Waals surface area contributed by atoms with Gasteiger partial charge >= 0.3 is 0 Å². The fourth-order valence-electron chi connectivity index (χ4n) is 1.56. The Morgan fingerprint density at radius 1 is 1.59 bits per heavy atom. The SMILES string of the molecule is CO.O=Cc1cc2sc(OC3CCC3)nc2[nH]1. The molecule has 0 aromatic carbocycles. The number of carbonyl (C=O) groups excluding carboxylic acids is 1. The molecule has 2 N–H and O–H groups in total. The second-order valence-corrected chi connectivity index (χ2v) is 4.70. The van der Waals surface area contributed by atoms with Crippen molar-refractivity contribution >= 4 is 28.0 Å². The predicted octanol–water partition coefficient (Wildman–Crippen LogP) is 1.98. The van der Waals surface area contributed by atoms with Crippen LogP contribution in [0.25, 0.3) is 10.3 Å². The zero-order chi connectivity index (χ0) is 12.3. The molecule has 0 unspecified atom stereocenters. The van der Waals surface area contributed by atoms with Crippen LogP contribution in [0.5, 0.6) is 5.19 Å². The fourth-order valence-corrected chi connectivity index (χ4v) is 2.45. The molecule has 0 radical (unpaired) electrons. The van der Waals surface area contributed by atoms with Crippen LogP contribution in [-0.2, 0) is 0 Å². The summed E-state index contributed by atoms with van der Waals surface area (Å²) in [4.78, 5) is 17.7. The van der Waals surface area contributed by atoms with Gasteiger partial charge in [-0.1, -0.05) is 11.3 Å². The number of hydrogen-bond acceptors (Lipinski definition) is 5. The molecule has 1 aliphatic rings. The highest BCUT2D eigenvalue weighted by Gasteiger charge is 2.21.